The Labute approximate surface area is 277 Å². The van der Waals surface area contributed by atoms with Crippen molar-refractivity contribution in [1.82, 2.24) is 0 Å². The summed E-state index contributed by atoms with van der Waals surface area (Å²) in [5.41, 5.74) is -1.06. The number of carbonyl (C=O) groups excluding carboxylic acids is 3. The molecule has 1 N–H and O–H groups in total. The van der Waals surface area contributed by atoms with E-state index >= 15 is 8.78 Å². The van der Waals surface area contributed by atoms with Crippen molar-refractivity contribution in [2.45, 2.75) is 33.1 Å². The van der Waals surface area contributed by atoms with Gasteiger partial charge in [0, 0.05) is 51.6 Å². The average molecular weight is 715 g/mol. The molecule has 16 heteroatoms. The first-order valence-corrected chi connectivity index (χ1v) is 17.3. The monoisotopic (exact) mass is 714 g/mol. The fourth-order valence-corrected chi connectivity index (χ4v) is 7.16. The maximum atomic E-state index is 15.6. The van der Waals surface area contributed by atoms with Crippen LogP contribution in [0.5, 0.6) is 23.0 Å². The molecule has 0 spiro atoms. The zero-order valence-corrected chi connectivity index (χ0v) is 28.5. The Hall–Kier alpha value is -3.86. The molecule has 4 aromatic rings. The maximum absolute atomic E-state index is 15.6. The highest BCUT2D eigenvalue weighted by atomic mass is 32.2. The lowest BCUT2D eigenvalue weighted by Gasteiger charge is -2.19. The molecule has 11 nitrogen and oxygen atoms in total. The van der Waals surface area contributed by atoms with Crippen LogP contribution >= 0.6 is 22.7 Å². The number of Topliss-reactive ketones (excluding diaryl/α,β-unsaturated/α-hetero) is 2. The second-order valence-corrected chi connectivity index (χ2v) is 14.7. The molecule has 0 radical (unpaired) electrons. The predicted octanol–water partition coefficient (Wildman–Crippen LogP) is 6.49. The van der Waals surface area contributed by atoms with Crippen LogP contribution in [0.25, 0.3) is 20.2 Å². The normalized spacial score (nSPS) is 11.9. The van der Waals surface area contributed by atoms with Crippen LogP contribution in [0.4, 0.5) is 8.78 Å². The minimum atomic E-state index is -4.34. The van der Waals surface area contributed by atoms with Crippen molar-refractivity contribution >= 4 is 70.5 Å². The Kier molecular flexibility index (Phi) is 11.1. The maximum Gasteiger partial charge on any atom is 0.311 e. The molecule has 0 bridgehead atoms. The second kappa shape index (κ2) is 14.5. The molecule has 0 aliphatic rings. The number of thiophene rings is 2. The molecule has 2 heterocycles. The van der Waals surface area contributed by atoms with E-state index in [0.717, 1.165) is 22.7 Å². The van der Waals surface area contributed by atoms with Crippen molar-refractivity contribution in [2.24, 2.45) is 5.41 Å². The number of hydrogen-bond acceptors (Lipinski definition) is 12. The summed E-state index contributed by atoms with van der Waals surface area (Å²) in [7, 11) is -0.433. The summed E-state index contributed by atoms with van der Waals surface area (Å²) in [4.78, 5) is 37.7. The van der Waals surface area contributed by atoms with Crippen molar-refractivity contribution in [3.8, 4) is 23.0 Å². The number of ketones is 2. The van der Waals surface area contributed by atoms with Gasteiger partial charge in [0.1, 0.15) is 0 Å². The van der Waals surface area contributed by atoms with E-state index in [4.69, 9.17) is 28.2 Å². The minimum Gasteiger partial charge on any atom is -0.493 e. The van der Waals surface area contributed by atoms with E-state index in [2.05, 4.69) is 0 Å². The number of esters is 1. The molecular weight excluding hydrogens is 683 g/mol. The molecule has 4 rings (SSSR count). The fourth-order valence-electron chi connectivity index (χ4n) is 4.63. The van der Waals surface area contributed by atoms with Gasteiger partial charge in [0.2, 0.25) is 0 Å². The Morgan fingerprint density at radius 3 is 1.70 bits per heavy atom. The van der Waals surface area contributed by atoms with Crippen molar-refractivity contribution < 1.29 is 59.8 Å². The van der Waals surface area contributed by atoms with Gasteiger partial charge in [-0.15, -0.1) is 22.7 Å². The summed E-state index contributed by atoms with van der Waals surface area (Å²) in [5, 5.41) is 0.216. The Morgan fingerprint density at radius 2 is 1.28 bits per heavy atom. The third-order valence-electron chi connectivity index (χ3n) is 7.06. The Morgan fingerprint density at radius 1 is 0.809 bits per heavy atom. The van der Waals surface area contributed by atoms with E-state index in [9.17, 15) is 22.8 Å². The lowest BCUT2D eigenvalue weighted by molar-refractivity contribution is -0.150. The van der Waals surface area contributed by atoms with Crippen molar-refractivity contribution in [2.75, 3.05) is 40.3 Å². The molecule has 0 saturated heterocycles. The first-order chi connectivity index (χ1) is 22.1. The highest BCUT2D eigenvalue weighted by Gasteiger charge is 2.33. The van der Waals surface area contributed by atoms with E-state index < -0.39 is 51.1 Å². The Bertz CT molecular complexity index is 1950. The number of halogens is 2. The van der Waals surface area contributed by atoms with E-state index in [0.29, 0.717) is 9.40 Å². The molecule has 0 aliphatic carbocycles. The molecular formula is C31H32F2O11S3. The molecule has 0 saturated carbocycles. The average Bonchev–Trinajstić information content (AvgIpc) is 3.65. The summed E-state index contributed by atoms with van der Waals surface area (Å²) < 4.78 is 89.5. The van der Waals surface area contributed by atoms with Crippen LogP contribution in [0.15, 0.2) is 24.3 Å². The number of rotatable bonds is 16. The molecule has 0 amide bonds. The van der Waals surface area contributed by atoms with Crippen molar-refractivity contribution in [1.29, 1.82) is 0 Å². The molecule has 0 unspecified atom stereocenters. The molecule has 0 aliphatic heterocycles. The van der Waals surface area contributed by atoms with Crippen LogP contribution in [0.2, 0.25) is 0 Å². The third kappa shape index (κ3) is 8.17. The van der Waals surface area contributed by atoms with Gasteiger partial charge < -0.3 is 23.7 Å². The standard InChI is InChI=1S/C31H32F2O11S3/c1-31(2,30(36)42-5)15-19(35)25-12-17-23(46-25)14-21(41-4)29(27(17)33)44-9-6-8-43-28-20(40-3)13-22-16(26(28)32)11-24(45-22)18(34)7-10-47(37,38)39/h11-14H,6-10,15H2,1-5H3,(H,37,38,39). The Balaban J connectivity index is 1.44. The van der Waals surface area contributed by atoms with Gasteiger partial charge in [-0.05, 0) is 26.0 Å². The van der Waals surface area contributed by atoms with E-state index in [1.165, 1.54) is 39.5 Å². The third-order valence-corrected chi connectivity index (χ3v) is 10.0. The first-order valence-electron chi connectivity index (χ1n) is 14.1. The number of benzene rings is 2. The number of fused-ring (bicyclic) bond motifs is 2. The predicted molar refractivity (Wildman–Crippen MR) is 172 cm³/mol. The molecule has 2 aromatic carbocycles. The van der Waals surface area contributed by atoms with Crippen LogP contribution in [0, 0.1) is 17.0 Å². The van der Waals surface area contributed by atoms with Crippen LogP contribution in [0.1, 0.15) is 52.5 Å². The van der Waals surface area contributed by atoms with E-state index in [1.807, 2.05) is 0 Å². The minimum absolute atomic E-state index is 0.0565. The lowest BCUT2D eigenvalue weighted by Crippen LogP contribution is -2.28. The van der Waals surface area contributed by atoms with Gasteiger partial charge in [0.25, 0.3) is 10.1 Å². The quantitative estimate of drug-likeness (QED) is 0.0587. The smallest absolute Gasteiger partial charge is 0.311 e. The molecule has 0 atom stereocenters. The molecule has 0 fully saturated rings. The van der Waals surface area contributed by atoms with E-state index in [-0.39, 0.29) is 75.4 Å². The topological polar surface area (TPSA) is 152 Å². The van der Waals surface area contributed by atoms with Gasteiger partial charge in [-0.1, -0.05) is 0 Å². The number of methoxy groups -OCH3 is 3. The molecule has 2 aromatic heterocycles. The summed E-state index contributed by atoms with van der Waals surface area (Å²) in [5.74, 6) is -3.97. The van der Waals surface area contributed by atoms with Crippen molar-refractivity contribution in [3.63, 3.8) is 0 Å². The van der Waals surface area contributed by atoms with Crippen LogP contribution in [-0.4, -0.2) is 70.8 Å². The van der Waals surface area contributed by atoms with Gasteiger partial charge in [-0.25, -0.2) is 8.78 Å². The zero-order valence-electron chi connectivity index (χ0n) is 26.1. The first kappa shape index (κ1) is 36.0. The summed E-state index contributed by atoms with van der Waals surface area (Å²) in [6.45, 7) is 3.06. The molecule has 47 heavy (non-hydrogen) atoms. The van der Waals surface area contributed by atoms with Crippen LogP contribution in [0.3, 0.4) is 0 Å². The highest BCUT2D eigenvalue weighted by Crippen LogP contribution is 2.42. The van der Waals surface area contributed by atoms with Gasteiger partial charge in [0.15, 0.2) is 46.2 Å². The van der Waals surface area contributed by atoms with Gasteiger partial charge in [0.05, 0.1) is 55.5 Å². The number of hydrogen-bond donors (Lipinski definition) is 1. The van der Waals surface area contributed by atoms with Gasteiger partial charge >= 0.3 is 5.97 Å². The summed E-state index contributed by atoms with van der Waals surface area (Å²) in [6, 6.07) is 5.73. The highest BCUT2D eigenvalue weighted by molar-refractivity contribution is 7.85. The van der Waals surface area contributed by atoms with Gasteiger partial charge in [-0.3, -0.25) is 18.9 Å². The number of carbonyl (C=O) groups is 3. The van der Waals surface area contributed by atoms with Crippen LogP contribution in [-0.2, 0) is 19.6 Å². The zero-order chi connectivity index (χ0) is 34.7. The summed E-state index contributed by atoms with van der Waals surface area (Å²) in [6.07, 6.45) is -0.414. The van der Waals surface area contributed by atoms with E-state index in [1.54, 1.807) is 19.9 Å². The van der Waals surface area contributed by atoms with Crippen molar-refractivity contribution in [3.05, 3.63) is 45.7 Å². The second-order valence-electron chi connectivity index (χ2n) is 11.0. The molecule has 254 valence electrons. The van der Waals surface area contributed by atoms with Crippen LogP contribution < -0.4 is 18.9 Å². The van der Waals surface area contributed by atoms with Gasteiger partial charge in [-0.2, -0.15) is 8.42 Å². The fraction of sp³-hybridized carbons (Fsp3) is 0.387. The SMILES string of the molecule is COC(=O)C(C)(C)CC(=O)c1cc2c(F)c(OCCCOc3c(OC)cc4sc(C(=O)CCS(=O)(=O)O)cc4c3F)c(OC)cc2s1. The number of ether oxygens (including phenoxy) is 5. The largest absolute Gasteiger partial charge is 0.493 e. The lowest BCUT2D eigenvalue weighted by atomic mass is 9.87. The summed E-state index contributed by atoms with van der Waals surface area (Å²) >= 11 is 2.01.